The molecule has 0 spiro atoms. The van der Waals surface area contributed by atoms with Crippen LogP contribution in [0.1, 0.15) is 38.0 Å². The normalized spacial score (nSPS) is 11.2. The van der Waals surface area contributed by atoms with E-state index in [1.165, 1.54) is 0 Å². The van der Waals surface area contributed by atoms with E-state index in [2.05, 4.69) is 0 Å². The van der Waals surface area contributed by atoms with Crippen molar-refractivity contribution >= 4 is 22.7 Å². The Morgan fingerprint density at radius 2 is 1.61 bits per heavy atom. The molecule has 3 heterocycles. The van der Waals surface area contributed by atoms with Crippen LogP contribution in [0.2, 0.25) is 0 Å². The number of hydrogen-bond donors (Lipinski definition) is 0. The number of aromatic nitrogens is 3. The third kappa shape index (κ3) is 3.76. The second kappa shape index (κ2) is 8.88. The minimum Gasteiger partial charge on any atom is -0.451 e. The minimum atomic E-state index is -0.710. The molecule has 0 fully saturated rings. The molecule has 5 aromatic rings. The predicted molar refractivity (Wildman–Crippen MR) is 135 cm³/mol. The van der Waals surface area contributed by atoms with Gasteiger partial charge in [-0.15, -0.1) is 0 Å². The molecular weight excluding hydrogens is 458 g/mol. The lowest BCUT2D eigenvalue weighted by molar-refractivity contribution is 0.0446. The Balaban J connectivity index is 1.43. The number of fused-ring (bicyclic) bond motifs is 1. The first-order chi connectivity index (χ1) is 17.3. The summed E-state index contributed by atoms with van der Waals surface area (Å²) >= 11 is 0. The van der Waals surface area contributed by atoms with Crippen LogP contribution in [-0.4, -0.2) is 32.3 Å². The largest absolute Gasteiger partial charge is 0.451 e. The molecule has 0 atom stereocenters. The fourth-order valence-electron chi connectivity index (χ4n) is 4.56. The van der Waals surface area contributed by atoms with E-state index in [0.717, 1.165) is 22.5 Å². The topological polar surface area (TPSA) is 88.4 Å². The van der Waals surface area contributed by atoms with Gasteiger partial charge in [0.25, 0.3) is 5.56 Å². The van der Waals surface area contributed by atoms with Crippen molar-refractivity contribution < 1.29 is 18.7 Å². The lowest BCUT2D eigenvalue weighted by Gasteiger charge is -2.08. The second-order valence-corrected chi connectivity index (χ2v) is 8.68. The number of carbonyl (C=O) groups excluding carboxylic acids is 2. The van der Waals surface area contributed by atoms with Crippen LogP contribution in [0, 0.1) is 20.8 Å². The number of furan rings is 1. The summed E-state index contributed by atoms with van der Waals surface area (Å²) in [6, 6.07) is 19.9. The molecule has 3 aromatic heterocycles. The van der Waals surface area contributed by atoms with Crippen LogP contribution in [0.3, 0.4) is 0 Å². The van der Waals surface area contributed by atoms with Crippen molar-refractivity contribution in [2.75, 3.05) is 6.61 Å². The molecular formula is C28H25N3O5. The maximum atomic E-state index is 13.5. The van der Waals surface area contributed by atoms with Crippen LogP contribution in [0.5, 0.6) is 0 Å². The summed E-state index contributed by atoms with van der Waals surface area (Å²) in [4.78, 5) is 39.0. The lowest BCUT2D eigenvalue weighted by Crippen LogP contribution is -2.22. The Hall–Kier alpha value is -4.59. The van der Waals surface area contributed by atoms with E-state index in [4.69, 9.17) is 9.15 Å². The summed E-state index contributed by atoms with van der Waals surface area (Å²) in [5, 5.41) is 0.777. The molecule has 8 nitrogen and oxygen atoms in total. The third-order valence-corrected chi connectivity index (χ3v) is 6.44. The predicted octanol–water partition coefficient (Wildman–Crippen LogP) is 4.68. The number of aryl methyl sites for hydroxylation is 1. The zero-order chi connectivity index (χ0) is 25.6. The molecule has 182 valence electrons. The molecule has 0 unspecified atom stereocenters. The van der Waals surface area contributed by atoms with Crippen LogP contribution in [-0.2, 0) is 11.8 Å². The van der Waals surface area contributed by atoms with Crippen molar-refractivity contribution in [3.05, 3.63) is 105 Å². The molecule has 0 saturated carbocycles. The molecule has 0 saturated heterocycles. The molecule has 0 bridgehead atoms. The smallest absolute Gasteiger partial charge is 0.374 e. The molecule has 0 aliphatic rings. The van der Waals surface area contributed by atoms with Crippen molar-refractivity contribution in [3.8, 4) is 11.4 Å². The zero-order valence-electron chi connectivity index (χ0n) is 20.4. The molecule has 0 aliphatic carbocycles. The highest BCUT2D eigenvalue weighted by Gasteiger charge is 2.24. The Morgan fingerprint density at radius 1 is 0.917 bits per heavy atom. The quantitative estimate of drug-likeness (QED) is 0.259. The third-order valence-electron chi connectivity index (χ3n) is 6.44. The Bertz CT molecular complexity index is 1650. The molecule has 8 heteroatoms. The summed E-state index contributed by atoms with van der Waals surface area (Å²) in [7, 11) is 1.82. The van der Waals surface area contributed by atoms with Gasteiger partial charge in [-0.3, -0.25) is 14.3 Å². The number of carbonyl (C=O) groups is 2. The lowest BCUT2D eigenvalue weighted by atomic mass is 10.1. The SMILES string of the molecule is Cc1cc(C(=O)COC(=O)c2cc3ccccc3o2)c(C)n1-c1c(C)n(C)n(-c2ccccc2)c1=O. The highest BCUT2D eigenvalue weighted by Crippen LogP contribution is 2.24. The summed E-state index contributed by atoms with van der Waals surface area (Å²) in [5.74, 6) is -1.04. The summed E-state index contributed by atoms with van der Waals surface area (Å²) in [5.41, 5.74) is 4.05. The monoisotopic (exact) mass is 483 g/mol. The second-order valence-electron chi connectivity index (χ2n) is 8.68. The molecule has 0 radical (unpaired) electrons. The van der Waals surface area contributed by atoms with Gasteiger partial charge in [0.2, 0.25) is 11.5 Å². The molecule has 36 heavy (non-hydrogen) atoms. The van der Waals surface area contributed by atoms with Crippen LogP contribution in [0.15, 0.2) is 75.9 Å². The summed E-state index contributed by atoms with van der Waals surface area (Å²) in [6.07, 6.45) is 0. The Kier molecular flexibility index (Phi) is 5.72. The number of rotatable bonds is 6. The number of ketones is 1. The number of esters is 1. The number of hydrogen-bond acceptors (Lipinski definition) is 5. The highest BCUT2D eigenvalue weighted by atomic mass is 16.5. The highest BCUT2D eigenvalue weighted by molar-refractivity contribution is 6.00. The van der Waals surface area contributed by atoms with Crippen molar-refractivity contribution in [3.63, 3.8) is 0 Å². The van der Waals surface area contributed by atoms with Gasteiger partial charge < -0.3 is 13.7 Å². The van der Waals surface area contributed by atoms with Crippen molar-refractivity contribution in [2.24, 2.45) is 7.05 Å². The van der Waals surface area contributed by atoms with Gasteiger partial charge in [-0.2, -0.15) is 0 Å². The first-order valence-corrected chi connectivity index (χ1v) is 11.5. The van der Waals surface area contributed by atoms with E-state index >= 15 is 0 Å². The molecule has 2 aromatic carbocycles. The van der Waals surface area contributed by atoms with Crippen LogP contribution >= 0.6 is 0 Å². The Morgan fingerprint density at radius 3 is 2.33 bits per heavy atom. The molecule has 0 N–H and O–H groups in total. The first kappa shape index (κ1) is 23.2. The van der Waals surface area contributed by atoms with E-state index in [-0.39, 0.29) is 17.1 Å². The number of benzene rings is 2. The van der Waals surface area contributed by atoms with Gasteiger partial charge in [-0.25, -0.2) is 9.48 Å². The number of Topliss-reactive ketones (excluding diaryl/α,β-unsaturated/α-hetero) is 1. The average Bonchev–Trinajstić information content (AvgIpc) is 3.50. The van der Waals surface area contributed by atoms with E-state index in [1.54, 1.807) is 39.1 Å². The number of nitrogens with zero attached hydrogens (tertiary/aromatic N) is 3. The van der Waals surface area contributed by atoms with Crippen molar-refractivity contribution in [1.82, 2.24) is 13.9 Å². The van der Waals surface area contributed by atoms with Crippen LogP contribution in [0.25, 0.3) is 22.3 Å². The van der Waals surface area contributed by atoms with Crippen LogP contribution in [0.4, 0.5) is 0 Å². The van der Waals surface area contributed by atoms with Gasteiger partial charge in [0, 0.05) is 29.4 Å². The summed E-state index contributed by atoms with van der Waals surface area (Å²) < 4.78 is 15.9. The van der Waals surface area contributed by atoms with Gasteiger partial charge in [0.1, 0.15) is 11.3 Å². The molecule has 0 amide bonds. The first-order valence-electron chi connectivity index (χ1n) is 11.5. The standard InChI is InChI=1S/C28H25N3O5/c1-17-14-22(23(32)16-35-28(34)25-15-20-10-8-9-13-24(20)36-25)18(2)30(17)26-19(3)29(4)31(27(26)33)21-11-6-5-7-12-21/h5-15H,16H2,1-4H3. The fraction of sp³-hybridized carbons (Fsp3) is 0.179. The Labute approximate surface area is 206 Å². The fourth-order valence-corrected chi connectivity index (χ4v) is 4.56. The van der Waals surface area contributed by atoms with E-state index in [1.807, 2.05) is 69.4 Å². The van der Waals surface area contributed by atoms with Gasteiger partial charge >= 0.3 is 5.97 Å². The van der Waals surface area contributed by atoms with Crippen LogP contribution < -0.4 is 5.56 Å². The molecule has 0 aliphatic heterocycles. The van der Waals surface area contributed by atoms with E-state index in [0.29, 0.717) is 22.5 Å². The zero-order valence-corrected chi connectivity index (χ0v) is 20.4. The van der Waals surface area contributed by atoms with E-state index in [9.17, 15) is 14.4 Å². The average molecular weight is 484 g/mol. The van der Waals surface area contributed by atoms with Gasteiger partial charge in [0.15, 0.2) is 6.61 Å². The van der Waals surface area contributed by atoms with E-state index < -0.39 is 12.6 Å². The van der Waals surface area contributed by atoms with Gasteiger partial charge in [-0.1, -0.05) is 36.4 Å². The number of ether oxygens (including phenoxy) is 1. The van der Waals surface area contributed by atoms with Gasteiger partial charge in [0.05, 0.1) is 11.4 Å². The van der Waals surface area contributed by atoms with Crippen molar-refractivity contribution in [1.29, 1.82) is 0 Å². The minimum absolute atomic E-state index is 0.0378. The maximum Gasteiger partial charge on any atom is 0.374 e. The summed E-state index contributed by atoms with van der Waals surface area (Å²) in [6.45, 7) is 5.04. The van der Waals surface area contributed by atoms with Gasteiger partial charge in [-0.05, 0) is 51.1 Å². The van der Waals surface area contributed by atoms with Crippen molar-refractivity contribution in [2.45, 2.75) is 20.8 Å². The maximum absolute atomic E-state index is 13.5. The molecule has 5 rings (SSSR count). The number of para-hydroxylation sites is 2.